The molecule has 0 fully saturated rings. The van der Waals surface area contributed by atoms with Gasteiger partial charge in [0, 0.05) is 13.1 Å². The summed E-state index contributed by atoms with van der Waals surface area (Å²) in [5.74, 6) is -0.569. The highest BCUT2D eigenvalue weighted by atomic mass is 16.5. The fourth-order valence-electron chi connectivity index (χ4n) is 1.80. The zero-order chi connectivity index (χ0) is 14.8. The zero-order valence-electron chi connectivity index (χ0n) is 12.0. The highest BCUT2D eigenvalue weighted by Crippen LogP contribution is 2.05. The summed E-state index contributed by atoms with van der Waals surface area (Å²) in [4.78, 5) is 24.7. The largest absolute Gasteiger partial charge is 0.469 e. The molecule has 0 aromatic heterocycles. The lowest BCUT2D eigenvalue weighted by molar-refractivity contribution is -0.146. The van der Waals surface area contributed by atoms with Crippen molar-refractivity contribution in [2.24, 2.45) is 0 Å². The number of hydrogen-bond acceptors (Lipinski definition) is 5. The van der Waals surface area contributed by atoms with Gasteiger partial charge in [0.15, 0.2) is 0 Å². The van der Waals surface area contributed by atoms with E-state index in [0.29, 0.717) is 19.7 Å². The summed E-state index contributed by atoms with van der Waals surface area (Å²) in [6.07, 6.45) is 0.253. The van der Waals surface area contributed by atoms with Crippen LogP contribution in [0.5, 0.6) is 0 Å². The molecule has 0 radical (unpaired) electrons. The molecule has 0 unspecified atom stereocenters. The minimum atomic E-state index is -0.285. The van der Waals surface area contributed by atoms with Crippen molar-refractivity contribution in [3.8, 4) is 0 Å². The predicted molar refractivity (Wildman–Crippen MR) is 75.0 cm³/mol. The minimum absolute atomic E-state index is 0.166. The van der Waals surface area contributed by atoms with Crippen LogP contribution in [0.1, 0.15) is 18.9 Å². The molecule has 0 saturated heterocycles. The van der Waals surface area contributed by atoms with E-state index < -0.39 is 0 Å². The molecule has 0 N–H and O–H groups in total. The Morgan fingerprint density at radius 2 is 1.85 bits per heavy atom. The number of ether oxygens (including phenoxy) is 2. The molecular formula is C15H21NO4. The van der Waals surface area contributed by atoms with Crippen LogP contribution in [0, 0.1) is 0 Å². The standard InChI is InChI=1S/C15H21NO4/c1-3-20-15(18)12-16(10-9-14(17)19-2)11-13-7-5-4-6-8-13/h4-8H,3,9-12H2,1-2H3. The first-order chi connectivity index (χ1) is 9.65. The van der Waals surface area contributed by atoms with Crippen LogP contribution < -0.4 is 0 Å². The number of methoxy groups -OCH3 is 1. The average Bonchev–Trinajstić information content (AvgIpc) is 2.45. The van der Waals surface area contributed by atoms with Gasteiger partial charge in [0.05, 0.1) is 26.7 Å². The maximum absolute atomic E-state index is 11.6. The number of carbonyl (C=O) groups is 2. The minimum Gasteiger partial charge on any atom is -0.469 e. The van der Waals surface area contributed by atoms with Crippen LogP contribution in [-0.2, 0) is 25.6 Å². The van der Waals surface area contributed by atoms with E-state index in [1.54, 1.807) is 6.92 Å². The topological polar surface area (TPSA) is 55.8 Å². The Kier molecular flexibility index (Phi) is 7.35. The SMILES string of the molecule is CCOC(=O)CN(CCC(=O)OC)Cc1ccccc1. The third kappa shape index (κ3) is 6.33. The van der Waals surface area contributed by atoms with E-state index in [-0.39, 0.29) is 24.9 Å². The number of esters is 2. The maximum Gasteiger partial charge on any atom is 0.320 e. The first-order valence-electron chi connectivity index (χ1n) is 6.64. The molecule has 1 aromatic carbocycles. The Morgan fingerprint density at radius 1 is 1.15 bits per heavy atom. The van der Waals surface area contributed by atoms with Gasteiger partial charge >= 0.3 is 11.9 Å². The van der Waals surface area contributed by atoms with Crippen molar-refractivity contribution >= 4 is 11.9 Å². The molecule has 0 aliphatic heterocycles. The van der Waals surface area contributed by atoms with Crippen molar-refractivity contribution in [3.63, 3.8) is 0 Å². The number of nitrogens with zero attached hydrogens (tertiary/aromatic N) is 1. The summed E-state index contributed by atoms with van der Waals surface area (Å²) in [5.41, 5.74) is 1.08. The van der Waals surface area contributed by atoms with Crippen LogP contribution >= 0.6 is 0 Å². The van der Waals surface area contributed by atoms with Gasteiger partial charge in [0.1, 0.15) is 0 Å². The average molecular weight is 279 g/mol. The first-order valence-corrected chi connectivity index (χ1v) is 6.64. The lowest BCUT2D eigenvalue weighted by Crippen LogP contribution is -2.32. The van der Waals surface area contributed by atoms with Crippen molar-refractivity contribution in [2.45, 2.75) is 19.9 Å². The van der Waals surface area contributed by atoms with Gasteiger partial charge < -0.3 is 9.47 Å². The maximum atomic E-state index is 11.6. The molecule has 0 heterocycles. The smallest absolute Gasteiger partial charge is 0.320 e. The molecule has 5 nitrogen and oxygen atoms in total. The Labute approximate surface area is 119 Å². The van der Waals surface area contributed by atoms with E-state index in [1.165, 1.54) is 7.11 Å². The normalized spacial score (nSPS) is 10.3. The molecule has 0 aliphatic rings. The van der Waals surface area contributed by atoms with E-state index in [2.05, 4.69) is 4.74 Å². The summed E-state index contributed by atoms with van der Waals surface area (Å²) in [5, 5.41) is 0. The van der Waals surface area contributed by atoms with Crippen molar-refractivity contribution in [1.29, 1.82) is 0 Å². The van der Waals surface area contributed by atoms with Crippen molar-refractivity contribution < 1.29 is 19.1 Å². The van der Waals surface area contributed by atoms with Gasteiger partial charge in [-0.15, -0.1) is 0 Å². The molecule has 0 aliphatic carbocycles. The molecule has 0 saturated carbocycles. The van der Waals surface area contributed by atoms with Gasteiger partial charge in [-0.05, 0) is 12.5 Å². The van der Waals surface area contributed by atoms with Crippen molar-refractivity contribution in [1.82, 2.24) is 4.90 Å². The molecule has 1 aromatic rings. The number of carbonyl (C=O) groups excluding carboxylic acids is 2. The zero-order valence-corrected chi connectivity index (χ0v) is 12.0. The van der Waals surface area contributed by atoms with E-state index in [4.69, 9.17) is 4.74 Å². The highest BCUT2D eigenvalue weighted by Gasteiger charge is 2.14. The third-order valence-electron chi connectivity index (χ3n) is 2.77. The number of rotatable bonds is 8. The van der Waals surface area contributed by atoms with Crippen LogP contribution in [0.25, 0.3) is 0 Å². The molecule has 0 amide bonds. The van der Waals surface area contributed by atoms with Crippen LogP contribution in [0.3, 0.4) is 0 Å². The molecule has 0 bridgehead atoms. The van der Waals surface area contributed by atoms with E-state index >= 15 is 0 Å². The van der Waals surface area contributed by atoms with Gasteiger partial charge in [0.2, 0.25) is 0 Å². The fraction of sp³-hybridized carbons (Fsp3) is 0.467. The molecule has 5 heteroatoms. The predicted octanol–water partition coefficient (Wildman–Crippen LogP) is 1.61. The summed E-state index contributed by atoms with van der Waals surface area (Å²) in [6.45, 7) is 3.35. The molecule has 20 heavy (non-hydrogen) atoms. The van der Waals surface area contributed by atoms with Crippen LogP contribution in [0.15, 0.2) is 30.3 Å². The molecular weight excluding hydrogens is 258 g/mol. The first kappa shape index (κ1) is 16.2. The lowest BCUT2D eigenvalue weighted by Gasteiger charge is -2.20. The van der Waals surface area contributed by atoms with E-state index in [1.807, 2.05) is 35.2 Å². The van der Waals surface area contributed by atoms with Crippen molar-refractivity contribution in [2.75, 3.05) is 26.8 Å². The van der Waals surface area contributed by atoms with E-state index in [0.717, 1.165) is 5.56 Å². The molecule has 0 atom stereocenters. The number of hydrogen-bond donors (Lipinski definition) is 0. The van der Waals surface area contributed by atoms with Gasteiger partial charge in [0.25, 0.3) is 0 Å². The Balaban J connectivity index is 2.58. The second-order valence-corrected chi connectivity index (χ2v) is 4.33. The molecule has 0 spiro atoms. The quantitative estimate of drug-likeness (QED) is 0.677. The fourth-order valence-corrected chi connectivity index (χ4v) is 1.80. The monoisotopic (exact) mass is 279 g/mol. The van der Waals surface area contributed by atoms with Crippen LogP contribution in [0.4, 0.5) is 0 Å². The Hall–Kier alpha value is -1.88. The summed E-state index contributed by atoms with van der Waals surface area (Å²) >= 11 is 0. The summed E-state index contributed by atoms with van der Waals surface area (Å²) < 4.78 is 9.57. The Bertz CT molecular complexity index is 419. The van der Waals surface area contributed by atoms with Gasteiger partial charge in [-0.1, -0.05) is 30.3 Å². The van der Waals surface area contributed by atoms with Crippen molar-refractivity contribution in [3.05, 3.63) is 35.9 Å². The van der Waals surface area contributed by atoms with Gasteiger partial charge in [-0.25, -0.2) is 0 Å². The van der Waals surface area contributed by atoms with Gasteiger partial charge in [-0.2, -0.15) is 0 Å². The summed E-state index contributed by atoms with van der Waals surface area (Å²) in [7, 11) is 1.36. The van der Waals surface area contributed by atoms with Crippen LogP contribution in [0.2, 0.25) is 0 Å². The Morgan fingerprint density at radius 3 is 2.45 bits per heavy atom. The third-order valence-corrected chi connectivity index (χ3v) is 2.77. The second kappa shape index (κ2) is 9.09. The van der Waals surface area contributed by atoms with Gasteiger partial charge in [-0.3, -0.25) is 14.5 Å². The highest BCUT2D eigenvalue weighted by molar-refractivity contribution is 5.72. The van der Waals surface area contributed by atoms with Crippen LogP contribution in [-0.4, -0.2) is 43.6 Å². The molecule has 110 valence electrons. The molecule has 1 rings (SSSR count). The van der Waals surface area contributed by atoms with E-state index in [9.17, 15) is 9.59 Å². The summed E-state index contributed by atoms with van der Waals surface area (Å²) in [6, 6.07) is 9.79. The number of benzene rings is 1. The second-order valence-electron chi connectivity index (χ2n) is 4.33. The lowest BCUT2D eigenvalue weighted by atomic mass is 10.2.